The molecule has 1 aromatic heterocycles. The number of halogens is 1. The number of hydrogen-bond acceptors (Lipinski definition) is 9. The smallest absolute Gasteiger partial charge is 0.255 e. The molecule has 4 aliphatic heterocycles. The fraction of sp³-hybridized carbons (Fsp3) is 0.458. The van der Waals surface area contributed by atoms with Crippen LogP contribution in [0.2, 0.25) is 0 Å². The fourth-order valence-electron chi connectivity index (χ4n) is 9.65. The lowest BCUT2D eigenvalue weighted by Gasteiger charge is -2.36. The first kappa shape index (κ1) is 43.4. The average Bonchev–Trinajstić information content (AvgIpc) is 3.87. The third-order valence-corrected chi connectivity index (χ3v) is 12.8. The van der Waals surface area contributed by atoms with Gasteiger partial charge in [0, 0.05) is 87.6 Å². The number of pyridine rings is 1. The topological polar surface area (TPSA) is 158 Å². The minimum atomic E-state index is -0.651. The Bertz CT molecular complexity index is 2260. The van der Waals surface area contributed by atoms with Crippen LogP contribution in [0.4, 0.5) is 10.1 Å². The predicted octanol–water partition coefficient (Wildman–Crippen LogP) is 5.12. The number of anilines is 1. The lowest BCUT2D eigenvalue weighted by Crippen LogP contribution is -2.52. The molecule has 320 valence electrons. The molecular formula is C48H56FN7O5. The van der Waals surface area contributed by atoms with E-state index >= 15 is 4.39 Å². The van der Waals surface area contributed by atoms with Gasteiger partial charge >= 0.3 is 0 Å². The summed E-state index contributed by atoms with van der Waals surface area (Å²) in [4.78, 5) is 73.4. The maximum absolute atomic E-state index is 16.4. The van der Waals surface area contributed by atoms with Gasteiger partial charge < -0.3 is 20.9 Å². The highest BCUT2D eigenvalue weighted by Gasteiger charge is 2.42. The number of carbonyl (C=O) groups is 5. The van der Waals surface area contributed by atoms with Crippen LogP contribution in [0.15, 0.2) is 54.9 Å². The first-order chi connectivity index (χ1) is 29.5. The minimum absolute atomic E-state index is 0.00145. The summed E-state index contributed by atoms with van der Waals surface area (Å²) in [7, 11) is 0. The van der Waals surface area contributed by atoms with E-state index in [-0.39, 0.29) is 41.4 Å². The van der Waals surface area contributed by atoms with Crippen molar-refractivity contribution in [1.29, 1.82) is 0 Å². The van der Waals surface area contributed by atoms with E-state index in [1.807, 2.05) is 25.3 Å². The summed E-state index contributed by atoms with van der Waals surface area (Å²) < 4.78 is 16.4. The molecule has 4 atom stereocenters. The van der Waals surface area contributed by atoms with Crippen LogP contribution in [-0.4, -0.2) is 96.1 Å². The molecule has 2 aromatic carbocycles. The van der Waals surface area contributed by atoms with Crippen molar-refractivity contribution in [2.45, 2.75) is 83.7 Å². The Morgan fingerprint density at radius 3 is 2.61 bits per heavy atom. The third kappa shape index (κ3) is 9.77. The van der Waals surface area contributed by atoms with Crippen molar-refractivity contribution < 1.29 is 28.4 Å². The molecule has 0 saturated carbocycles. The van der Waals surface area contributed by atoms with E-state index in [1.54, 1.807) is 41.4 Å². The van der Waals surface area contributed by atoms with Crippen molar-refractivity contribution in [3.05, 3.63) is 99.6 Å². The quantitative estimate of drug-likeness (QED) is 0.0622. The van der Waals surface area contributed by atoms with Crippen molar-refractivity contribution in [3.8, 4) is 11.8 Å². The summed E-state index contributed by atoms with van der Waals surface area (Å²) in [6.45, 7) is 9.41. The monoisotopic (exact) mass is 829 g/mol. The van der Waals surface area contributed by atoms with Crippen LogP contribution >= 0.6 is 0 Å². The molecule has 0 bridgehead atoms. The molecule has 5 heterocycles. The van der Waals surface area contributed by atoms with E-state index in [0.717, 1.165) is 86.0 Å². The molecule has 4 N–H and O–H groups in total. The van der Waals surface area contributed by atoms with Crippen LogP contribution in [0.3, 0.4) is 0 Å². The molecule has 4 unspecified atom stereocenters. The van der Waals surface area contributed by atoms with Crippen LogP contribution in [0, 0.1) is 36.4 Å². The van der Waals surface area contributed by atoms with Gasteiger partial charge in [-0.25, -0.2) is 4.39 Å². The number of primary amides is 1. The number of piperazine rings is 1. The lowest BCUT2D eigenvalue weighted by atomic mass is 9.73. The number of aromatic nitrogens is 1. The third-order valence-electron chi connectivity index (χ3n) is 12.8. The molecule has 4 aliphatic rings. The molecule has 3 aromatic rings. The molecule has 13 heteroatoms. The normalized spacial score (nSPS) is 21.0. The number of nitrogens with one attached hydrogen (secondary N) is 2. The van der Waals surface area contributed by atoms with Crippen LogP contribution < -0.4 is 21.3 Å². The summed E-state index contributed by atoms with van der Waals surface area (Å²) in [6, 6.07) is 10.0. The minimum Gasteiger partial charge on any atom is -0.367 e. The van der Waals surface area contributed by atoms with Gasteiger partial charge in [-0.15, -0.1) is 0 Å². The number of nitrogens with zero attached hydrogens (tertiary/aromatic N) is 4. The van der Waals surface area contributed by atoms with Crippen molar-refractivity contribution in [1.82, 2.24) is 25.4 Å². The summed E-state index contributed by atoms with van der Waals surface area (Å²) in [6.07, 6.45) is 12.6. The number of carbonyl (C=O) groups excluding carboxylic acids is 5. The number of piperidine rings is 1. The number of rotatable bonds is 15. The largest absolute Gasteiger partial charge is 0.367 e. The van der Waals surface area contributed by atoms with Crippen molar-refractivity contribution in [3.63, 3.8) is 0 Å². The van der Waals surface area contributed by atoms with Crippen LogP contribution in [-0.2, 0) is 20.9 Å². The van der Waals surface area contributed by atoms with Gasteiger partial charge in [-0.3, -0.25) is 39.2 Å². The second-order valence-electron chi connectivity index (χ2n) is 16.7. The summed E-state index contributed by atoms with van der Waals surface area (Å²) in [5.41, 5.74) is 11.1. The predicted molar refractivity (Wildman–Crippen MR) is 232 cm³/mol. The molecule has 0 spiro atoms. The standard InChI is InChI=1S/C48H56FN7O5/c1-3-11-34(44-31(2)26-51-27-33(44)17-19-42(50)57)37-28-52-29-38(37)46(59)36-15-10-16-40(45(36)49)55-24-22-54(23-25-55)21-8-6-4-5-7-12-32-13-9-14-35-39(32)30-56(48(35)61)41-18-20-43(58)53-47(41)60/h9-10,13-17,19,26-27,34,37-38,41,52H,3-6,8,11,18,20-25,28-30H2,1-2H3,(H2,50,57)(H,53,58,60). The number of unbranched alkanes of at least 4 members (excludes halogenated alkanes) is 3. The SMILES string of the molecule is CCCC(c1c(C)cncc1C=CC(N)=O)C1CNCC1C(=O)c1cccc(N2CCN(CCCCCC#Cc3cccc4c3CN(C3CCC(=O)NC3=O)C4=O)CC2)c1F. The van der Waals surface area contributed by atoms with Crippen molar-refractivity contribution >= 4 is 41.2 Å². The highest BCUT2D eigenvalue weighted by Crippen LogP contribution is 2.41. The number of aryl methyl sites for hydroxylation is 1. The Hall–Kier alpha value is -5.71. The lowest BCUT2D eigenvalue weighted by molar-refractivity contribution is -0.137. The number of Topliss-reactive ketones (excluding diaryl/α,β-unsaturated/α-hetero) is 1. The maximum atomic E-state index is 16.4. The van der Waals surface area contributed by atoms with Gasteiger partial charge in [0.05, 0.1) is 11.3 Å². The van der Waals surface area contributed by atoms with E-state index < -0.39 is 29.6 Å². The molecule has 7 rings (SSSR count). The number of ketones is 1. The summed E-state index contributed by atoms with van der Waals surface area (Å²) in [5, 5.41) is 5.78. The van der Waals surface area contributed by atoms with E-state index in [4.69, 9.17) is 5.73 Å². The number of imide groups is 1. The van der Waals surface area contributed by atoms with Gasteiger partial charge in [-0.1, -0.05) is 43.7 Å². The van der Waals surface area contributed by atoms with Gasteiger partial charge in [0.2, 0.25) is 17.7 Å². The molecule has 3 fully saturated rings. The Kier molecular flexibility index (Phi) is 14.1. The number of fused-ring (bicyclic) bond motifs is 1. The van der Waals surface area contributed by atoms with E-state index in [2.05, 4.69) is 44.2 Å². The maximum Gasteiger partial charge on any atom is 0.255 e. The number of hydrogen-bond donors (Lipinski definition) is 3. The first-order valence-corrected chi connectivity index (χ1v) is 21.7. The van der Waals surface area contributed by atoms with Crippen LogP contribution in [0.1, 0.15) is 113 Å². The van der Waals surface area contributed by atoms with Crippen molar-refractivity contribution in [2.24, 2.45) is 17.6 Å². The number of amides is 4. The highest BCUT2D eigenvalue weighted by molar-refractivity contribution is 6.05. The number of benzene rings is 2. The molecule has 0 radical (unpaired) electrons. The summed E-state index contributed by atoms with van der Waals surface area (Å²) >= 11 is 0. The zero-order valence-corrected chi connectivity index (χ0v) is 35.2. The van der Waals surface area contributed by atoms with Gasteiger partial charge in [-0.2, -0.15) is 0 Å². The van der Waals surface area contributed by atoms with E-state index in [0.29, 0.717) is 50.4 Å². The van der Waals surface area contributed by atoms with Crippen LogP contribution in [0.5, 0.6) is 0 Å². The molecule has 61 heavy (non-hydrogen) atoms. The van der Waals surface area contributed by atoms with Crippen molar-refractivity contribution in [2.75, 3.05) is 50.7 Å². The number of nitrogens with two attached hydrogens (primary N) is 1. The zero-order chi connectivity index (χ0) is 43.0. The Morgan fingerprint density at radius 2 is 1.84 bits per heavy atom. The first-order valence-electron chi connectivity index (χ1n) is 21.7. The molecular weight excluding hydrogens is 774 g/mol. The molecule has 3 saturated heterocycles. The average molecular weight is 830 g/mol. The Morgan fingerprint density at radius 1 is 1.03 bits per heavy atom. The Balaban J connectivity index is 0.896. The second kappa shape index (κ2) is 19.8. The zero-order valence-electron chi connectivity index (χ0n) is 35.2. The highest BCUT2D eigenvalue weighted by atomic mass is 19.1. The van der Waals surface area contributed by atoms with E-state index in [1.165, 1.54) is 6.08 Å². The molecule has 12 nitrogen and oxygen atoms in total. The van der Waals surface area contributed by atoms with Crippen LogP contribution in [0.25, 0.3) is 6.08 Å². The molecule has 4 amide bonds. The van der Waals surface area contributed by atoms with Gasteiger partial charge in [0.1, 0.15) is 6.04 Å². The molecule has 0 aliphatic carbocycles. The van der Waals surface area contributed by atoms with E-state index in [9.17, 15) is 24.0 Å². The van der Waals surface area contributed by atoms with Gasteiger partial charge in [0.25, 0.3) is 5.91 Å². The van der Waals surface area contributed by atoms with Gasteiger partial charge in [0.15, 0.2) is 11.6 Å². The fourth-order valence-corrected chi connectivity index (χ4v) is 9.65. The van der Waals surface area contributed by atoms with Gasteiger partial charge in [-0.05, 0) is 110 Å². The Labute approximate surface area is 357 Å². The summed E-state index contributed by atoms with van der Waals surface area (Å²) in [5.74, 6) is 3.96. The second-order valence-corrected chi connectivity index (χ2v) is 16.7.